The van der Waals surface area contributed by atoms with Gasteiger partial charge in [-0.1, -0.05) is 170 Å². The van der Waals surface area contributed by atoms with E-state index in [1.54, 1.807) is 12.1 Å². The number of hydrogen-bond acceptors (Lipinski definition) is 2. The molecule has 0 radical (unpaired) electrons. The van der Waals surface area contributed by atoms with Gasteiger partial charge in [0.05, 0.1) is 33.6 Å². The molecule has 0 saturated heterocycles. The Morgan fingerprint density at radius 1 is 0.365 bits per heavy atom. The Bertz CT molecular complexity index is 4840. The second-order valence-corrected chi connectivity index (χ2v) is 22.2. The highest BCUT2D eigenvalue weighted by Crippen LogP contribution is 2.46. The van der Waals surface area contributed by atoms with Gasteiger partial charge in [-0.05, 0) is 197 Å². The highest BCUT2D eigenvalue weighted by atomic mass is 19.1. The van der Waals surface area contributed by atoms with E-state index in [-0.39, 0.29) is 11.6 Å². The number of anilines is 5. The van der Waals surface area contributed by atoms with Gasteiger partial charge in [0.2, 0.25) is 0 Å². The van der Waals surface area contributed by atoms with E-state index in [9.17, 15) is 8.78 Å². The first-order valence-electron chi connectivity index (χ1n) is 28.9. The number of rotatable bonds is 12. The molecule has 0 fully saturated rings. The molecule has 0 spiro atoms. The van der Waals surface area contributed by atoms with Crippen molar-refractivity contribution < 1.29 is 8.78 Å². The van der Waals surface area contributed by atoms with Crippen LogP contribution in [0, 0.1) is 11.6 Å². The largest absolute Gasteiger partial charge is 0.331 e. The summed E-state index contributed by atoms with van der Waals surface area (Å²) in [6, 6.07) is 100. The summed E-state index contributed by atoms with van der Waals surface area (Å²) in [5.41, 5.74) is 17.1. The number of allylic oxidation sites excluding steroid dienone is 3. The van der Waals surface area contributed by atoms with E-state index in [4.69, 9.17) is 0 Å². The minimum atomic E-state index is -0.555. The average Bonchev–Trinajstić information content (AvgIpc) is 2.32. The van der Waals surface area contributed by atoms with Crippen molar-refractivity contribution in [1.82, 2.24) is 9.13 Å². The molecule has 4 nitrogen and oxygen atoms in total. The highest BCUT2D eigenvalue weighted by molar-refractivity contribution is 6.03. The van der Waals surface area contributed by atoms with Gasteiger partial charge in [0.15, 0.2) is 0 Å². The van der Waals surface area contributed by atoms with E-state index in [0.717, 1.165) is 111 Å². The lowest BCUT2D eigenvalue weighted by Gasteiger charge is -2.36. The topological polar surface area (TPSA) is 16.3 Å². The molecule has 1 atom stereocenters. The normalized spacial score (nSPS) is 14.1. The second-order valence-electron chi connectivity index (χ2n) is 22.2. The third kappa shape index (κ3) is 9.35. The zero-order valence-corrected chi connectivity index (χ0v) is 46.7. The Morgan fingerprint density at radius 3 is 1.33 bits per heavy atom. The molecule has 0 N–H and O–H groups in total. The van der Waals surface area contributed by atoms with E-state index in [1.807, 2.05) is 36.4 Å². The first kappa shape index (κ1) is 51.1. The summed E-state index contributed by atoms with van der Waals surface area (Å²) in [5.74, 6) is -0.574. The van der Waals surface area contributed by atoms with E-state index in [1.165, 1.54) is 28.6 Å². The van der Waals surface area contributed by atoms with Crippen molar-refractivity contribution in [3.8, 4) is 50.5 Å². The predicted octanol–water partition coefficient (Wildman–Crippen LogP) is 21.7. The van der Waals surface area contributed by atoms with Gasteiger partial charge in [-0.3, -0.25) is 0 Å². The summed E-state index contributed by atoms with van der Waals surface area (Å²) in [5, 5.41) is 6.70. The Hall–Kier alpha value is -10.8. The summed E-state index contributed by atoms with van der Waals surface area (Å²) < 4.78 is 34.3. The van der Waals surface area contributed by atoms with Crippen LogP contribution < -0.4 is 9.80 Å². The maximum Gasteiger partial charge on any atom is 0.123 e. The molecular weight excluding hydrogens is 1040 g/mol. The smallest absolute Gasteiger partial charge is 0.123 e. The van der Waals surface area contributed by atoms with Crippen LogP contribution in [0.2, 0.25) is 0 Å². The zero-order chi connectivity index (χ0) is 57.0. The number of aromatic nitrogens is 2. The van der Waals surface area contributed by atoms with Crippen LogP contribution in [-0.4, -0.2) is 9.13 Å². The molecule has 0 saturated carbocycles. The molecule has 0 amide bonds. The number of nitrogens with zero attached hydrogens (tertiary/aromatic N) is 4. The molecule has 14 aromatic rings. The number of hydrogen-bond donors (Lipinski definition) is 0. The summed E-state index contributed by atoms with van der Waals surface area (Å²) in [6.45, 7) is 2.29. The van der Waals surface area contributed by atoms with Gasteiger partial charge in [-0.25, -0.2) is 8.78 Å². The third-order valence-corrected chi connectivity index (χ3v) is 17.0. The summed E-state index contributed by atoms with van der Waals surface area (Å²) >= 11 is 0. The van der Waals surface area contributed by atoms with Crippen molar-refractivity contribution >= 4 is 71.8 Å². The van der Waals surface area contributed by atoms with Crippen LogP contribution in [0.1, 0.15) is 13.3 Å². The van der Waals surface area contributed by atoms with Crippen molar-refractivity contribution in [2.75, 3.05) is 9.80 Å². The minimum Gasteiger partial charge on any atom is -0.331 e. The molecule has 2 aromatic heterocycles. The second kappa shape index (κ2) is 21.2. The molecule has 2 heterocycles. The molecule has 12 aromatic carbocycles. The molecular formula is C79H56F2N4. The maximum atomic E-state index is 14.8. The van der Waals surface area contributed by atoms with Crippen LogP contribution >= 0.6 is 0 Å². The summed E-state index contributed by atoms with van der Waals surface area (Å²) in [6.07, 6.45) is 7.63. The maximum absolute atomic E-state index is 14.8. The molecule has 0 aliphatic heterocycles. The molecule has 85 heavy (non-hydrogen) atoms. The van der Waals surface area contributed by atoms with E-state index >= 15 is 0 Å². The van der Waals surface area contributed by atoms with Gasteiger partial charge in [-0.15, -0.1) is 0 Å². The van der Waals surface area contributed by atoms with Crippen molar-refractivity contribution in [2.45, 2.75) is 18.9 Å². The van der Waals surface area contributed by atoms with E-state index in [2.05, 4.69) is 275 Å². The Morgan fingerprint density at radius 2 is 0.788 bits per heavy atom. The predicted molar refractivity (Wildman–Crippen MR) is 351 cm³/mol. The van der Waals surface area contributed by atoms with Gasteiger partial charge in [0.25, 0.3) is 0 Å². The van der Waals surface area contributed by atoms with Gasteiger partial charge in [-0.2, -0.15) is 0 Å². The molecule has 1 unspecified atom stereocenters. The average molecular weight is 1100 g/mol. The van der Waals surface area contributed by atoms with Crippen LogP contribution in [0.15, 0.2) is 315 Å². The molecule has 0 bridgehead atoms. The number of halogens is 2. The van der Waals surface area contributed by atoms with Crippen molar-refractivity contribution in [3.63, 3.8) is 0 Å². The monoisotopic (exact) mass is 1100 g/mol. The Balaban J connectivity index is 0.855. The van der Waals surface area contributed by atoms with Crippen LogP contribution in [0.25, 0.3) is 93.8 Å². The first-order valence-corrected chi connectivity index (χ1v) is 28.9. The van der Waals surface area contributed by atoms with Crippen LogP contribution in [0.4, 0.5) is 37.2 Å². The van der Waals surface area contributed by atoms with E-state index < -0.39 is 5.54 Å². The van der Waals surface area contributed by atoms with Crippen molar-refractivity contribution in [3.05, 3.63) is 327 Å². The van der Waals surface area contributed by atoms with Crippen molar-refractivity contribution in [2.24, 2.45) is 0 Å². The fourth-order valence-corrected chi connectivity index (χ4v) is 12.7. The lowest BCUT2D eigenvalue weighted by Crippen LogP contribution is -2.31. The van der Waals surface area contributed by atoms with Gasteiger partial charge >= 0.3 is 0 Å². The number of fused-ring (bicyclic) bond motifs is 4. The molecule has 1 aliphatic rings. The number of benzene rings is 12. The Kier molecular flexibility index (Phi) is 12.7. The lowest BCUT2D eigenvalue weighted by atomic mass is 9.90. The quantitative estimate of drug-likeness (QED) is 0.121. The van der Waals surface area contributed by atoms with Gasteiger partial charge in [0, 0.05) is 55.7 Å². The summed E-state index contributed by atoms with van der Waals surface area (Å²) in [4.78, 5) is 4.71. The van der Waals surface area contributed by atoms with Crippen molar-refractivity contribution in [1.29, 1.82) is 0 Å². The van der Waals surface area contributed by atoms with Gasteiger partial charge < -0.3 is 18.9 Å². The fraction of sp³-hybridized carbons (Fsp3) is 0.0380. The summed E-state index contributed by atoms with van der Waals surface area (Å²) in [7, 11) is 0. The first-order chi connectivity index (χ1) is 41.8. The SMILES string of the molecule is CC1(n2c(-c3ccc(F)cc3)cc3cc4c(cc(-c5ccc(F)cc5)n4-c4ccc(N(c5ccc(-c6ccccc6)cc5)c5cccc6ccccc56)cc4)cc32)C=CC(N(c2ccc(-c3ccccc3)cc2)c2cccc3ccccc23)=CC1. The van der Waals surface area contributed by atoms with Crippen LogP contribution in [0.3, 0.4) is 0 Å². The molecule has 406 valence electrons. The van der Waals surface area contributed by atoms with Crippen LogP contribution in [-0.2, 0) is 5.54 Å². The molecule has 1 aliphatic carbocycles. The standard InChI is InChI=1S/C79H56F2N4/c1-79(48-46-70(47-49-79)83(74-25-13-21-59-19-9-11-23-72(59)74)67-40-32-57(33-41-67)55-16-6-3-7-17-55)85-77(61-28-36-65(81)37-29-61)53-63-51-76-62(52-78(63)85)50-75(60-26-34-64(80)35-27-60)84(76)69-44-42-68(43-45-69)82(73-24-12-20-58-18-8-10-22-71(58)73)66-38-30-56(31-39-66)54-14-4-2-5-15-54/h2-48,50-53H,49H2,1H3. The third-order valence-electron chi connectivity index (χ3n) is 17.0. The zero-order valence-electron chi connectivity index (χ0n) is 46.7. The molecule has 6 heteroatoms. The highest BCUT2D eigenvalue weighted by Gasteiger charge is 2.32. The fourth-order valence-electron chi connectivity index (χ4n) is 12.7. The lowest BCUT2D eigenvalue weighted by molar-refractivity contribution is 0.427. The van der Waals surface area contributed by atoms with Crippen LogP contribution in [0.5, 0.6) is 0 Å². The molecule has 15 rings (SSSR count). The Labute approximate surface area is 493 Å². The minimum absolute atomic E-state index is 0.284. The van der Waals surface area contributed by atoms with Gasteiger partial charge in [0.1, 0.15) is 11.6 Å². The van der Waals surface area contributed by atoms with E-state index in [0.29, 0.717) is 6.42 Å².